The molecule has 0 bridgehead atoms. The first-order valence-electron chi connectivity index (χ1n) is 7.51. The van der Waals surface area contributed by atoms with Crippen LogP contribution in [0.1, 0.15) is 27.0 Å². The van der Waals surface area contributed by atoms with Gasteiger partial charge in [-0.1, -0.05) is 12.1 Å². The van der Waals surface area contributed by atoms with Gasteiger partial charge in [0.1, 0.15) is 0 Å². The molecule has 3 rings (SSSR count). The molecule has 0 spiro atoms. The number of hydrogen-bond donors (Lipinski definition) is 0. The smallest absolute Gasteiger partial charge is 0.416 e. The molecule has 0 fully saturated rings. The van der Waals surface area contributed by atoms with Crippen LogP contribution in [0.25, 0.3) is 6.08 Å². The number of alkyl halides is 3. The fourth-order valence-corrected chi connectivity index (χ4v) is 2.82. The van der Waals surface area contributed by atoms with E-state index in [1.165, 1.54) is 26.4 Å². The van der Waals surface area contributed by atoms with E-state index in [-0.39, 0.29) is 5.78 Å². The van der Waals surface area contributed by atoms with Crippen molar-refractivity contribution in [1.82, 2.24) is 0 Å². The average Bonchev–Trinajstić information content (AvgIpc) is 2.88. The third-order valence-electron chi connectivity index (χ3n) is 4.11. The van der Waals surface area contributed by atoms with E-state index in [0.29, 0.717) is 34.6 Å². The first kappa shape index (κ1) is 17.1. The molecule has 0 amide bonds. The summed E-state index contributed by atoms with van der Waals surface area (Å²) in [6.45, 7) is 0. The van der Waals surface area contributed by atoms with E-state index < -0.39 is 11.7 Å². The number of methoxy groups -OCH3 is 2. The molecule has 1 aliphatic carbocycles. The summed E-state index contributed by atoms with van der Waals surface area (Å²) in [5.74, 6) is 0.839. The van der Waals surface area contributed by atoms with Crippen molar-refractivity contribution in [3.8, 4) is 11.5 Å². The number of benzene rings is 2. The normalized spacial score (nSPS) is 15.4. The van der Waals surface area contributed by atoms with E-state index in [1.54, 1.807) is 18.2 Å². The molecule has 6 heteroatoms. The number of hydrogen-bond acceptors (Lipinski definition) is 3. The van der Waals surface area contributed by atoms with E-state index in [2.05, 4.69) is 0 Å². The maximum Gasteiger partial charge on any atom is 0.416 e. The van der Waals surface area contributed by atoms with Crippen molar-refractivity contribution in [2.24, 2.45) is 0 Å². The highest BCUT2D eigenvalue weighted by Gasteiger charge is 2.30. The molecule has 3 nitrogen and oxygen atoms in total. The van der Waals surface area contributed by atoms with Gasteiger partial charge in [0.25, 0.3) is 0 Å². The molecule has 25 heavy (non-hydrogen) atoms. The van der Waals surface area contributed by atoms with Crippen LogP contribution < -0.4 is 9.47 Å². The molecule has 0 saturated heterocycles. The van der Waals surface area contributed by atoms with Crippen molar-refractivity contribution in [3.05, 3.63) is 64.2 Å². The minimum absolute atomic E-state index is 0.157. The number of carbonyl (C=O) groups excluding carboxylic acids is 1. The summed E-state index contributed by atoms with van der Waals surface area (Å²) >= 11 is 0. The average molecular weight is 348 g/mol. The molecule has 2 aromatic carbocycles. The summed E-state index contributed by atoms with van der Waals surface area (Å²) in [5, 5.41) is 0. The molecule has 2 aromatic rings. The summed E-state index contributed by atoms with van der Waals surface area (Å²) in [7, 11) is 3.00. The van der Waals surface area contributed by atoms with Gasteiger partial charge in [-0.2, -0.15) is 13.2 Å². The number of ketones is 1. The van der Waals surface area contributed by atoms with Crippen molar-refractivity contribution >= 4 is 11.9 Å². The van der Waals surface area contributed by atoms with Crippen molar-refractivity contribution in [2.75, 3.05) is 14.2 Å². The lowest BCUT2D eigenvalue weighted by molar-refractivity contribution is -0.137. The quantitative estimate of drug-likeness (QED) is 0.764. The zero-order chi connectivity index (χ0) is 18.2. The second-order valence-corrected chi connectivity index (χ2v) is 5.66. The molecular formula is C19H15F3O3. The van der Waals surface area contributed by atoms with Crippen LogP contribution >= 0.6 is 0 Å². The summed E-state index contributed by atoms with van der Waals surface area (Å²) < 4.78 is 48.3. The zero-order valence-corrected chi connectivity index (χ0v) is 13.6. The summed E-state index contributed by atoms with van der Waals surface area (Å²) in [6, 6.07) is 8.10. The topological polar surface area (TPSA) is 35.5 Å². The van der Waals surface area contributed by atoms with Gasteiger partial charge < -0.3 is 9.47 Å². The van der Waals surface area contributed by atoms with Gasteiger partial charge in [0.15, 0.2) is 17.3 Å². The number of halogens is 3. The van der Waals surface area contributed by atoms with E-state index >= 15 is 0 Å². The Morgan fingerprint density at radius 1 is 1.00 bits per heavy atom. The number of ether oxygens (including phenoxy) is 2. The maximum atomic E-state index is 12.6. The molecule has 0 aromatic heterocycles. The highest BCUT2D eigenvalue weighted by molar-refractivity contribution is 6.15. The molecule has 0 radical (unpaired) electrons. The third kappa shape index (κ3) is 3.24. The van der Waals surface area contributed by atoms with Crippen molar-refractivity contribution in [1.29, 1.82) is 0 Å². The van der Waals surface area contributed by atoms with Gasteiger partial charge in [0.05, 0.1) is 19.8 Å². The summed E-state index contributed by atoms with van der Waals surface area (Å²) in [6.07, 6.45) is -2.37. The SMILES string of the molecule is COc1cc2c(cc1OC)C(=O)/C(=C/c1ccc(C(F)(F)F)cc1)C2. The van der Waals surface area contributed by atoms with E-state index in [1.807, 2.05) is 0 Å². The van der Waals surface area contributed by atoms with Gasteiger partial charge >= 0.3 is 6.18 Å². The van der Waals surface area contributed by atoms with Crippen LogP contribution in [-0.4, -0.2) is 20.0 Å². The van der Waals surface area contributed by atoms with Gasteiger partial charge in [-0.15, -0.1) is 0 Å². The van der Waals surface area contributed by atoms with Crippen molar-refractivity contribution in [3.63, 3.8) is 0 Å². The zero-order valence-electron chi connectivity index (χ0n) is 13.6. The van der Waals surface area contributed by atoms with Crippen LogP contribution in [0, 0.1) is 0 Å². The number of carbonyl (C=O) groups is 1. The van der Waals surface area contributed by atoms with Gasteiger partial charge in [-0.25, -0.2) is 0 Å². The minimum Gasteiger partial charge on any atom is -0.493 e. The second-order valence-electron chi connectivity index (χ2n) is 5.66. The second kappa shape index (κ2) is 6.27. The van der Waals surface area contributed by atoms with E-state index in [0.717, 1.165) is 17.7 Å². The number of rotatable bonds is 3. The van der Waals surface area contributed by atoms with Gasteiger partial charge in [-0.05, 0) is 41.5 Å². The lowest BCUT2D eigenvalue weighted by Gasteiger charge is -2.08. The highest BCUT2D eigenvalue weighted by Crippen LogP contribution is 2.37. The molecule has 0 saturated carbocycles. The minimum atomic E-state index is -4.38. The fraction of sp³-hybridized carbons (Fsp3) is 0.211. The lowest BCUT2D eigenvalue weighted by atomic mass is 10.1. The Morgan fingerprint density at radius 3 is 2.16 bits per heavy atom. The molecular weight excluding hydrogens is 333 g/mol. The van der Waals surface area contributed by atoms with Crippen LogP contribution in [0.15, 0.2) is 42.0 Å². The van der Waals surface area contributed by atoms with Crippen LogP contribution in [0.4, 0.5) is 13.2 Å². The van der Waals surface area contributed by atoms with Crippen LogP contribution in [0.2, 0.25) is 0 Å². The highest BCUT2D eigenvalue weighted by atomic mass is 19.4. The van der Waals surface area contributed by atoms with Crippen LogP contribution in [0.3, 0.4) is 0 Å². The van der Waals surface area contributed by atoms with Crippen molar-refractivity contribution in [2.45, 2.75) is 12.6 Å². The first-order chi connectivity index (χ1) is 11.8. The van der Waals surface area contributed by atoms with E-state index in [4.69, 9.17) is 9.47 Å². The maximum absolute atomic E-state index is 12.6. The Bertz CT molecular complexity index is 849. The summed E-state index contributed by atoms with van der Waals surface area (Å²) in [4.78, 5) is 12.6. The number of allylic oxidation sites excluding steroid dienone is 1. The van der Waals surface area contributed by atoms with Crippen LogP contribution in [-0.2, 0) is 12.6 Å². The Balaban J connectivity index is 1.92. The van der Waals surface area contributed by atoms with E-state index in [9.17, 15) is 18.0 Å². The predicted octanol–water partition coefficient (Wildman–Crippen LogP) is 4.55. The number of Topliss-reactive ketones (excluding diaryl/α,β-unsaturated/α-hetero) is 1. The Labute approximate surface area is 142 Å². The standard InChI is InChI=1S/C19H15F3O3/c1-24-16-9-12-8-13(18(23)15(12)10-17(16)25-2)7-11-3-5-14(6-4-11)19(20,21)22/h3-7,9-10H,8H2,1-2H3/b13-7+. The number of fused-ring (bicyclic) bond motifs is 1. The molecule has 0 N–H and O–H groups in total. The molecule has 130 valence electrons. The van der Waals surface area contributed by atoms with Crippen LogP contribution in [0.5, 0.6) is 11.5 Å². The van der Waals surface area contributed by atoms with Gasteiger partial charge in [-0.3, -0.25) is 4.79 Å². The fourth-order valence-electron chi connectivity index (χ4n) is 2.82. The molecule has 1 aliphatic rings. The predicted molar refractivity (Wildman–Crippen MR) is 87.0 cm³/mol. The molecule has 0 unspecified atom stereocenters. The largest absolute Gasteiger partial charge is 0.493 e. The van der Waals surface area contributed by atoms with Gasteiger partial charge in [0, 0.05) is 17.6 Å². The van der Waals surface area contributed by atoms with Crippen molar-refractivity contribution < 1.29 is 27.4 Å². The third-order valence-corrected chi connectivity index (χ3v) is 4.11. The lowest BCUT2D eigenvalue weighted by Crippen LogP contribution is -2.04. The first-order valence-corrected chi connectivity index (χ1v) is 7.51. The monoisotopic (exact) mass is 348 g/mol. The molecule has 0 atom stereocenters. The molecule has 0 heterocycles. The Hall–Kier alpha value is -2.76. The Kier molecular flexibility index (Phi) is 4.29. The Morgan fingerprint density at radius 2 is 1.60 bits per heavy atom. The molecule has 0 aliphatic heterocycles. The van der Waals surface area contributed by atoms with Gasteiger partial charge in [0.2, 0.25) is 0 Å². The summed E-state index contributed by atoms with van der Waals surface area (Å²) in [5.41, 5.74) is 1.68.